The Kier molecular flexibility index (Phi) is 2.76. The number of nitrogens with two attached hydrogens (primary N) is 1. The van der Waals surface area contributed by atoms with Crippen LogP contribution in [-0.4, -0.2) is 18.0 Å². The molecule has 1 aromatic heterocycles. The summed E-state index contributed by atoms with van der Waals surface area (Å²) >= 11 is 0. The van der Waals surface area contributed by atoms with Gasteiger partial charge in [-0.3, -0.25) is 0 Å². The van der Waals surface area contributed by atoms with Gasteiger partial charge in [0, 0.05) is 12.7 Å². The lowest BCUT2D eigenvalue weighted by Gasteiger charge is -2.00. The molecule has 5 nitrogen and oxygen atoms in total. The van der Waals surface area contributed by atoms with E-state index in [1.54, 1.807) is 4.57 Å². The molecule has 0 amide bonds. The van der Waals surface area contributed by atoms with Crippen LogP contribution in [0.4, 0.5) is 0 Å². The van der Waals surface area contributed by atoms with Crippen LogP contribution in [-0.2, 0) is 16.6 Å². The zero-order valence-electron chi connectivity index (χ0n) is 8.45. The highest BCUT2D eigenvalue weighted by molar-refractivity contribution is 7.89. The predicted octanol–water partition coefficient (Wildman–Crippen LogP) is 0.579. The molecule has 0 aliphatic rings. The maximum absolute atomic E-state index is 11.0. The maximum Gasteiger partial charge on any atom is 0.257 e. The van der Waals surface area contributed by atoms with Crippen molar-refractivity contribution >= 4 is 10.0 Å². The molecule has 2 aromatic rings. The molecule has 16 heavy (non-hydrogen) atoms. The molecule has 0 atom stereocenters. The Morgan fingerprint density at radius 3 is 2.50 bits per heavy atom. The summed E-state index contributed by atoms with van der Waals surface area (Å²) in [5.41, 5.74) is 1.07. The van der Waals surface area contributed by atoms with E-state index in [-0.39, 0.29) is 5.03 Å². The topological polar surface area (TPSA) is 78.0 Å². The number of primary sulfonamides is 1. The van der Waals surface area contributed by atoms with Crippen molar-refractivity contribution in [1.82, 2.24) is 9.55 Å². The van der Waals surface area contributed by atoms with Gasteiger partial charge in [0.2, 0.25) is 0 Å². The molecule has 2 rings (SSSR count). The number of hydrogen-bond donors (Lipinski definition) is 1. The molecule has 0 unspecified atom stereocenters. The average Bonchev–Trinajstić information content (AvgIpc) is 2.67. The maximum atomic E-state index is 11.0. The highest BCUT2D eigenvalue weighted by atomic mass is 32.2. The molecule has 0 saturated carbocycles. The van der Waals surface area contributed by atoms with E-state index in [4.69, 9.17) is 5.14 Å². The van der Waals surface area contributed by atoms with E-state index in [0.717, 1.165) is 5.56 Å². The van der Waals surface area contributed by atoms with Gasteiger partial charge in [0.1, 0.15) is 0 Å². The van der Waals surface area contributed by atoms with E-state index in [2.05, 4.69) is 4.98 Å². The molecule has 0 radical (unpaired) electrons. The summed E-state index contributed by atoms with van der Waals surface area (Å²) in [6, 6.07) is 9.68. The smallest absolute Gasteiger partial charge is 0.257 e. The monoisotopic (exact) mass is 237 g/mol. The molecule has 6 heteroatoms. The molecule has 0 spiro atoms. The van der Waals surface area contributed by atoms with Crippen LogP contribution in [0.3, 0.4) is 0 Å². The van der Waals surface area contributed by atoms with E-state index in [1.165, 1.54) is 12.5 Å². The zero-order chi connectivity index (χ0) is 11.6. The Hall–Kier alpha value is -1.66. The Bertz CT molecular complexity index is 575. The highest BCUT2D eigenvalue weighted by Crippen LogP contribution is 2.06. The Balaban J connectivity index is 2.22. The quantitative estimate of drug-likeness (QED) is 0.848. The normalized spacial score (nSPS) is 11.6. The number of nitrogens with zero attached hydrogens (tertiary/aromatic N) is 2. The molecular weight excluding hydrogens is 226 g/mol. The van der Waals surface area contributed by atoms with Crippen LogP contribution in [0.1, 0.15) is 5.56 Å². The van der Waals surface area contributed by atoms with Gasteiger partial charge in [0.15, 0.2) is 5.03 Å². The molecule has 0 fully saturated rings. The van der Waals surface area contributed by atoms with Gasteiger partial charge in [-0.2, -0.15) is 0 Å². The lowest BCUT2D eigenvalue weighted by molar-refractivity contribution is 0.594. The summed E-state index contributed by atoms with van der Waals surface area (Å²) in [5, 5.41) is 4.85. The molecule has 1 aromatic carbocycles. The van der Waals surface area contributed by atoms with Gasteiger partial charge >= 0.3 is 0 Å². The third-order valence-corrected chi connectivity index (χ3v) is 2.90. The number of rotatable bonds is 3. The first-order valence-corrected chi connectivity index (χ1v) is 6.19. The van der Waals surface area contributed by atoms with Crippen LogP contribution in [0.5, 0.6) is 0 Å². The minimum absolute atomic E-state index is 0.108. The van der Waals surface area contributed by atoms with Crippen molar-refractivity contribution in [2.45, 2.75) is 11.6 Å². The van der Waals surface area contributed by atoms with Gasteiger partial charge in [0.05, 0.1) is 6.33 Å². The standard InChI is InChI=1S/C10H11N3O2S/c11-16(14,15)10-7-13(8-12-10)6-9-4-2-1-3-5-9/h1-5,7-8H,6H2,(H2,11,14,15). The van der Waals surface area contributed by atoms with E-state index in [9.17, 15) is 8.42 Å². The van der Waals surface area contributed by atoms with E-state index in [0.29, 0.717) is 6.54 Å². The number of benzene rings is 1. The van der Waals surface area contributed by atoms with E-state index in [1.807, 2.05) is 30.3 Å². The van der Waals surface area contributed by atoms with Gasteiger partial charge in [-0.1, -0.05) is 30.3 Å². The molecule has 0 aliphatic carbocycles. The van der Waals surface area contributed by atoms with E-state index >= 15 is 0 Å². The lowest BCUT2D eigenvalue weighted by atomic mass is 10.2. The summed E-state index contributed by atoms with van der Waals surface area (Å²) in [6.07, 6.45) is 2.87. The second-order valence-corrected chi connectivity index (χ2v) is 4.92. The first-order chi connectivity index (χ1) is 7.55. The van der Waals surface area contributed by atoms with Crippen LogP contribution < -0.4 is 5.14 Å². The second kappa shape index (κ2) is 4.07. The van der Waals surface area contributed by atoms with Crippen molar-refractivity contribution in [1.29, 1.82) is 0 Å². The zero-order valence-corrected chi connectivity index (χ0v) is 9.26. The summed E-state index contributed by atoms with van der Waals surface area (Å²) < 4.78 is 23.7. The predicted molar refractivity (Wildman–Crippen MR) is 59.1 cm³/mol. The van der Waals surface area contributed by atoms with Gasteiger partial charge in [0.25, 0.3) is 10.0 Å². The third kappa shape index (κ3) is 2.47. The molecule has 0 aliphatic heterocycles. The second-order valence-electron chi connectivity index (χ2n) is 3.41. The Morgan fingerprint density at radius 2 is 1.94 bits per heavy atom. The fraction of sp³-hybridized carbons (Fsp3) is 0.100. The molecule has 2 N–H and O–H groups in total. The van der Waals surface area contributed by atoms with Gasteiger partial charge < -0.3 is 4.57 Å². The van der Waals surface area contributed by atoms with Crippen LogP contribution in [0.2, 0.25) is 0 Å². The average molecular weight is 237 g/mol. The number of sulfonamides is 1. The largest absolute Gasteiger partial charge is 0.332 e. The van der Waals surface area contributed by atoms with Crippen LogP contribution in [0.15, 0.2) is 47.9 Å². The van der Waals surface area contributed by atoms with Crippen LogP contribution >= 0.6 is 0 Å². The van der Waals surface area contributed by atoms with Crippen molar-refractivity contribution in [2.75, 3.05) is 0 Å². The first kappa shape index (κ1) is 10.8. The summed E-state index contributed by atoms with van der Waals surface area (Å²) in [4.78, 5) is 3.73. The number of imidazole rings is 1. The third-order valence-electron chi connectivity index (χ3n) is 2.11. The van der Waals surface area contributed by atoms with Crippen molar-refractivity contribution in [3.05, 3.63) is 48.4 Å². The fourth-order valence-electron chi connectivity index (χ4n) is 1.37. The SMILES string of the molecule is NS(=O)(=O)c1cn(Cc2ccccc2)cn1. The molecule has 0 bridgehead atoms. The van der Waals surface area contributed by atoms with Gasteiger partial charge in [-0.05, 0) is 5.56 Å². The first-order valence-electron chi connectivity index (χ1n) is 4.64. The molecular formula is C10H11N3O2S. The van der Waals surface area contributed by atoms with Crippen molar-refractivity contribution in [3.63, 3.8) is 0 Å². The van der Waals surface area contributed by atoms with Crippen molar-refractivity contribution in [3.8, 4) is 0 Å². The Labute approximate surface area is 93.6 Å². The molecule has 1 heterocycles. The van der Waals surface area contributed by atoms with Crippen molar-refractivity contribution in [2.24, 2.45) is 5.14 Å². The van der Waals surface area contributed by atoms with E-state index < -0.39 is 10.0 Å². The molecule has 84 valence electrons. The van der Waals surface area contributed by atoms with Crippen LogP contribution in [0.25, 0.3) is 0 Å². The minimum Gasteiger partial charge on any atom is -0.332 e. The molecule has 0 saturated heterocycles. The summed E-state index contributed by atoms with van der Waals surface area (Å²) in [5.74, 6) is 0. The summed E-state index contributed by atoms with van der Waals surface area (Å²) in [7, 11) is -3.71. The highest BCUT2D eigenvalue weighted by Gasteiger charge is 2.10. The Morgan fingerprint density at radius 1 is 1.25 bits per heavy atom. The van der Waals surface area contributed by atoms with Gasteiger partial charge in [-0.25, -0.2) is 18.5 Å². The summed E-state index contributed by atoms with van der Waals surface area (Å²) in [6.45, 7) is 0.573. The van der Waals surface area contributed by atoms with Gasteiger partial charge in [-0.15, -0.1) is 0 Å². The number of hydrogen-bond acceptors (Lipinski definition) is 3. The minimum atomic E-state index is -3.71. The van der Waals surface area contributed by atoms with Crippen LogP contribution in [0, 0.1) is 0 Å². The fourth-order valence-corrected chi connectivity index (χ4v) is 1.84. The lowest BCUT2D eigenvalue weighted by Crippen LogP contribution is -2.12. The number of aromatic nitrogens is 2. The van der Waals surface area contributed by atoms with Crippen molar-refractivity contribution < 1.29 is 8.42 Å².